The molecule has 0 radical (unpaired) electrons. The predicted molar refractivity (Wildman–Crippen MR) is 88.5 cm³/mol. The third kappa shape index (κ3) is 3.54. The van der Waals surface area contributed by atoms with Crippen molar-refractivity contribution < 1.29 is 0 Å². The number of benzene rings is 1. The first kappa shape index (κ1) is 14.5. The maximum atomic E-state index is 5.67. The smallest absolute Gasteiger partial charge is 0.133 e. The molecule has 0 saturated carbocycles. The molecule has 0 aliphatic rings. The molecule has 0 atom stereocenters. The second kappa shape index (κ2) is 7.01. The maximum absolute atomic E-state index is 5.67. The summed E-state index contributed by atoms with van der Waals surface area (Å²) >= 11 is 5.01. The van der Waals surface area contributed by atoms with Crippen LogP contribution < -0.4 is 10.6 Å². The van der Waals surface area contributed by atoms with E-state index < -0.39 is 0 Å². The lowest BCUT2D eigenvalue weighted by atomic mass is 10.2. The summed E-state index contributed by atoms with van der Waals surface area (Å²) in [5.74, 6) is 0.884. The molecule has 104 valence electrons. The maximum Gasteiger partial charge on any atom is 0.133 e. The number of aromatic nitrogens is 1. The Bertz CT molecular complexity index is 569. The number of unbranched alkanes of at least 4 members (excludes halogenated alkanes) is 1. The molecule has 0 spiro atoms. The molecule has 0 unspecified atom stereocenters. The largest absolute Gasteiger partial charge is 0.388 e. The summed E-state index contributed by atoms with van der Waals surface area (Å²) in [5, 5.41) is 0. The van der Waals surface area contributed by atoms with Crippen molar-refractivity contribution in [3.63, 3.8) is 0 Å². The normalized spacial score (nSPS) is 10.2. The van der Waals surface area contributed by atoms with Crippen molar-refractivity contribution in [3.8, 4) is 0 Å². The topological polar surface area (TPSA) is 42.1 Å². The number of pyridine rings is 1. The number of thiocarbonyl (C=S) groups is 1. The van der Waals surface area contributed by atoms with Gasteiger partial charge in [-0.05, 0) is 30.7 Å². The Kier molecular flexibility index (Phi) is 5.07. The van der Waals surface area contributed by atoms with E-state index in [1.165, 1.54) is 0 Å². The van der Waals surface area contributed by atoms with Crippen molar-refractivity contribution in [3.05, 3.63) is 54.2 Å². The van der Waals surface area contributed by atoms with E-state index in [4.69, 9.17) is 18.0 Å². The van der Waals surface area contributed by atoms with Crippen LogP contribution in [0.25, 0.3) is 0 Å². The Labute approximate surface area is 125 Å². The summed E-state index contributed by atoms with van der Waals surface area (Å²) in [6.45, 7) is 3.11. The molecule has 20 heavy (non-hydrogen) atoms. The Morgan fingerprint density at radius 3 is 2.55 bits per heavy atom. The quantitative estimate of drug-likeness (QED) is 0.823. The highest BCUT2D eigenvalue weighted by molar-refractivity contribution is 7.80. The summed E-state index contributed by atoms with van der Waals surface area (Å²) < 4.78 is 0. The molecule has 2 rings (SSSR count). The van der Waals surface area contributed by atoms with Crippen molar-refractivity contribution in [2.75, 3.05) is 11.4 Å². The van der Waals surface area contributed by atoms with E-state index in [0.717, 1.165) is 30.9 Å². The molecule has 3 nitrogen and oxygen atoms in total. The van der Waals surface area contributed by atoms with Gasteiger partial charge in [-0.3, -0.25) is 0 Å². The molecular weight excluding hydrogens is 266 g/mol. The lowest BCUT2D eigenvalue weighted by Crippen LogP contribution is -2.21. The number of anilines is 2. The van der Waals surface area contributed by atoms with E-state index in [9.17, 15) is 0 Å². The molecule has 0 aliphatic heterocycles. The molecule has 1 aromatic carbocycles. The zero-order chi connectivity index (χ0) is 14.4. The van der Waals surface area contributed by atoms with Crippen molar-refractivity contribution in [2.24, 2.45) is 5.73 Å². The Balaban J connectivity index is 2.36. The van der Waals surface area contributed by atoms with Gasteiger partial charge >= 0.3 is 0 Å². The van der Waals surface area contributed by atoms with Crippen LogP contribution >= 0.6 is 12.2 Å². The van der Waals surface area contributed by atoms with Crippen molar-refractivity contribution in [1.82, 2.24) is 4.98 Å². The summed E-state index contributed by atoms with van der Waals surface area (Å²) in [6, 6.07) is 16.0. The monoisotopic (exact) mass is 285 g/mol. The number of para-hydroxylation sites is 1. The Morgan fingerprint density at radius 1 is 1.15 bits per heavy atom. The molecule has 0 aliphatic carbocycles. The van der Waals surface area contributed by atoms with Crippen LogP contribution in [-0.4, -0.2) is 16.5 Å². The molecule has 1 heterocycles. The highest BCUT2D eigenvalue weighted by Gasteiger charge is 2.11. The van der Waals surface area contributed by atoms with Crippen LogP contribution in [0.1, 0.15) is 25.5 Å². The van der Waals surface area contributed by atoms with Gasteiger partial charge in [-0.15, -0.1) is 0 Å². The molecule has 0 fully saturated rings. The van der Waals surface area contributed by atoms with Gasteiger partial charge in [0.05, 0.1) is 5.69 Å². The lowest BCUT2D eigenvalue weighted by Gasteiger charge is -2.24. The standard InChI is InChI=1S/C16H19N3S/c1-2-3-12-19(13-8-5-4-6-9-13)15-11-7-10-14(18-15)16(17)20/h4-11H,2-3,12H2,1H3,(H2,17,20). The van der Waals surface area contributed by atoms with Gasteiger partial charge in [0, 0.05) is 12.2 Å². The van der Waals surface area contributed by atoms with Gasteiger partial charge in [0.15, 0.2) is 0 Å². The molecule has 1 aromatic heterocycles. The number of rotatable bonds is 6. The predicted octanol–water partition coefficient (Wildman–Crippen LogP) is 3.65. The summed E-state index contributed by atoms with van der Waals surface area (Å²) in [7, 11) is 0. The third-order valence-corrected chi connectivity index (χ3v) is 3.28. The zero-order valence-electron chi connectivity index (χ0n) is 11.6. The van der Waals surface area contributed by atoms with E-state index in [1.54, 1.807) is 0 Å². The van der Waals surface area contributed by atoms with Gasteiger partial charge in [0.1, 0.15) is 10.8 Å². The average molecular weight is 285 g/mol. The van der Waals surface area contributed by atoms with Crippen LogP contribution in [0.15, 0.2) is 48.5 Å². The first-order valence-corrected chi connectivity index (χ1v) is 7.22. The molecule has 2 N–H and O–H groups in total. The first-order valence-electron chi connectivity index (χ1n) is 6.82. The average Bonchev–Trinajstić information content (AvgIpc) is 2.49. The van der Waals surface area contributed by atoms with Gasteiger partial charge in [-0.2, -0.15) is 0 Å². The summed E-state index contributed by atoms with van der Waals surface area (Å²) in [4.78, 5) is 7.09. The van der Waals surface area contributed by atoms with Crippen molar-refractivity contribution in [2.45, 2.75) is 19.8 Å². The van der Waals surface area contributed by atoms with Crippen LogP contribution in [0.4, 0.5) is 11.5 Å². The van der Waals surface area contributed by atoms with Crippen LogP contribution in [-0.2, 0) is 0 Å². The second-order valence-corrected chi connectivity index (χ2v) is 5.03. The van der Waals surface area contributed by atoms with Gasteiger partial charge in [-0.25, -0.2) is 4.98 Å². The number of hydrogen-bond donors (Lipinski definition) is 1. The SMILES string of the molecule is CCCCN(c1ccccc1)c1cccc(C(N)=S)n1. The minimum atomic E-state index is 0.329. The van der Waals surface area contributed by atoms with Crippen LogP contribution in [0.3, 0.4) is 0 Å². The zero-order valence-corrected chi connectivity index (χ0v) is 12.4. The van der Waals surface area contributed by atoms with E-state index in [-0.39, 0.29) is 0 Å². The van der Waals surface area contributed by atoms with E-state index in [0.29, 0.717) is 10.7 Å². The van der Waals surface area contributed by atoms with Gasteiger partial charge in [-0.1, -0.05) is 49.8 Å². The fourth-order valence-corrected chi connectivity index (χ4v) is 2.12. The van der Waals surface area contributed by atoms with Crippen molar-refractivity contribution >= 4 is 28.7 Å². The Morgan fingerprint density at radius 2 is 1.90 bits per heavy atom. The van der Waals surface area contributed by atoms with Crippen LogP contribution in [0.5, 0.6) is 0 Å². The molecule has 2 aromatic rings. The van der Waals surface area contributed by atoms with Gasteiger partial charge < -0.3 is 10.6 Å². The third-order valence-electron chi connectivity index (χ3n) is 3.07. The van der Waals surface area contributed by atoms with Crippen LogP contribution in [0.2, 0.25) is 0 Å². The van der Waals surface area contributed by atoms with Crippen molar-refractivity contribution in [1.29, 1.82) is 0 Å². The Hall–Kier alpha value is -1.94. The molecule has 0 saturated heterocycles. The minimum Gasteiger partial charge on any atom is -0.388 e. The second-order valence-electron chi connectivity index (χ2n) is 4.59. The van der Waals surface area contributed by atoms with E-state index in [2.05, 4.69) is 28.9 Å². The highest BCUT2D eigenvalue weighted by Crippen LogP contribution is 2.24. The highest BCUT2D eigenvalue weighted by atomic mass is 32.1. The fourth-order valence-electron chi connectivity index (χ4n) is 2.01. The van der Waals surface area contributed by atoms with E-state index >= 15 is 0 Å². The number of hydrogen-bond acceptors (Lipinski definition) is 3. The lowest BCUT2D eigenvalue weighted by molar-refractivity contribution is 0.779. The summed E-state index contributed by atoms with van der Waals surface area (Å²) in [5.41, 5.74) is 7.47. The molecule has 0 amide bonds. The molecule has 0 bridgehead atoms. The summed E-state index contributed by atoms with van der Waals surface area (Å²) in [6.07, 6.45) is 2.24. The number of nitrogens with two attached hydrogens (primary N) is 1. The molecule has 4 heteroatoms. The minimum absolute atomic E-state index is 0.329. The number of nitrogens with zero attached hydrogens (tertiary/aromatic N) is 2. The van der Waals surface area contributed by atoms with E-state index in [1.807, 2.05) is 36.4 Å². The fraction of sp³-hybridized carbons (Fsp3) is 0.250. The molecular formula is C16H19N3S. The van der Waals surface area contributed by atoms with Crippen LogP contribution in [0, 0.1) is 0 Å². The first-order chi connectivity index (χ1) is 9.72. The van der Waals surface area contributed by atoms with Gasteiger partial charge in [0.25, 0.3) is 0 Å². The van der Waals surface area contributed by atoms with Gasteiger partial charge in [0.2, 0.25) is 0 Å².